The molecule has 0 aliphatic carbocycles. The molecule has 1 aromatic heterocycles. The molecule has 0 spiro atoms. The van der Waals surface area contributed by atoms with Crippen molar-refractivity contribution >= 4 is 50.2 Å². The molecule has 2 aromatic rings. The molecule has 0 fully saturated rings. The second kappa shape index (κ2) is 7.13. The molecule has 0 atom stereocenters. The Bertz CT molecular complexity index is 772. The van der Waals surface area contributed by atoms with E-state index in [2.05, 4.69) is 10.0 Å². The molecule has 0 radical (unpaired) electrons. The van der Waals surface area contributed by atoms with Gasteiger partial charge in [-0.2, -0.15) is 0 Å². The molecule has 118 valence electrons. The van der Waals surface area contributed by atoms with Gasteiger partial charge < -0.3 is 5.32 Å². The maximum Gasteiger partial charge on any atom is 0.267 e. The SMILES string of the molecule is CCCS(=O)(=O)Nc1ccsc1C(=O)Nc1cccc(Cl)c1. The molecule has 0 aliphatic rings. The van der Waals surface area contributed by atoms with Gasteiger partial charge in [-0.1, -0.05) is 24.6 Å². The van der Waals surface area contributed by atoms with Crippen LogP contribution in [0.4, 0.5) is 11.4 Å². The lowest BCUT2D eigenvalue weighted by Crippen LogP contribution is -2.19. The molecule has 1 amide bonds. The predicted octanol–water partition coefficient (Wildman–Crippen LogP) is 3.81. The summed E-state index contributed by atoms with van der Waals surface area (Å²) in [7, 11) is -3.43. The summed E-state index contributed by atoms with van der Waals surface area (Å²) in [6, 6.07) is 8.32. The minimum Gasteiger partial charge on any atom is -0.321 e. The molecule has 22 heavy (non-hydrogen) atoms. The highest BCUT2D eigenvalue weighted by Crippen LogP contribution is 2.25. The van der Waals surface area contributed by atoms with Crippen LogP contribution in [0.5, 0.6) is 0 Å². The Hall–Kier alpha value is -1.57. The van der Waals surface area contributed by atoms with Gasteiger partial charge in [0, 0.05) is 10.7 Å². The van der Waals surface area contributed by atoms with Crippen molar-refractivity contribution in [3.63, 3.8) is 0 Å². The Morgan fingerprint density at radius 3 is 2.77 bits per heavy atom. The molecular weight excluding hydrogens is 344 g/mol. The van der Waals surface area contributed by atoms with E-state index in [0.717, 1.165) is 0 Å². The van der Waals surface area contributed by atoms with Gasteiger partial charge >= 0.3 is 0 Å². The maximum absolute atomic E-state index is 12.3. The van der Waals surface area contributed by atoms with Gasteiger partial charge in [0.15, 0.2) is 0 Å². The summed E-state index contributed by atoms with van der Waals surface area (Å²) < 4.78 is 26.1. The van der Waals surface area contributed by atoms with E-state index < -0.39 is 10.0 Å². The van der Waals surface area contributed by atoms with E-state index in [-0.39, 0.29) is 17.3 Å². The van der Waals surface area contributed by atoms with Crippen molar-refractivity contribution in [2.45, 2.75) is 13.3 Å². The van der Waals surface area contributed by atoms with Crippen LogP contribution in [-0.2, 0) is 10.0 Å². The zero-order chi connectivity index (χ0) is 16.2. The van der Waals surface area contributed by atoms with Gasteiger partial charge in [0.25, 0.3) is 5.91 Å². The third-order valence-electron chi connectivity index (χ3n) is 2.69. The summed E-state index contributed by atoms with van der Waals surface area (Å²) in [6.07, 6.45) is 0.503. The smallest absolute Gasteiger partial charge is 0.267 e. The average molecular weight is 359 g/mol. The minimum atomic E-state index is -3.43. The normalized spacial score (nSPS) is 11.2. The summed E-state index contributed by atoms with van der Waals surface area (Å²) in [5.41, 5.74) is 0.839. The van der Waals surface area contributed by atoms with Crippen molar-refractivity contribution in [2.24, 2.45) is 0 Å². The second-order valence-electron chi connectivity index (χ2n) is 4.55. The van der Waals surface area contributed by atoms with Gasteiger partial charge in [-0.25, -0.2) is 8.42 Å². The van der Waals surface area contributed by atoms with Crippen LogP contribution in [0.3, 0.4) is 0 Å². The van der Waals surface area contributed by atoms with Crippen LogP contribution in [0.1, 0.15) is 23.0 Å². The van der Waals surface area contributed by atoms with Crippen LogP contribution >= 0.6 is 22.9 Å². The van der Waals surface area contributed by atoms with Gasteiger partial charge in [-0.15, -0.1) is 11.3 Å². The molecule has 0 saturated heterocycles. The van der Waals surface area contributed by atoms with E-state index in [1.54, 1.807) is 42.6 Å². The number of amides is 1. The lowest BCUT2D eigenvalue weighted by atomic mass is 10.3. The van der Waals surface area contributed by atoms with Crippen molar-refractivity contribution in [3.05, 3.63) is 45.6 Å². The average Bonchev–Trinajstić information content (AvgIpc) is 2.85. The third-order valence-corrected chi connectivity index (χ3v) is 5.32. The van der Waals surface area contributed by atoms with Crippen LogP contribution < -0.4 is 10.0 Å². The van der Waals surface area contributed by atoms with Crippen LogP contribution in [0, 0.1) is 0 Å². The Balaban J connectivity index is 2.16. The summed E-state index contributed by atoms with van der Waals surface area (Å²) in [5.74, 6) is -0.371. The number of halogens is 1. The maximum atomic E-state index is 12.3. The highest BCUT2D eigenvalue weighted by atomic mass is 35.5. The number of hydrogen-bond donors (Lipinski definition) is 2. The Morgan fingerprint density at radius 1 is 1.32 bits per heavy atom. The summed E-state index contributed by atoms with van der Waals surface area (Å²) in [5, 5.41) is 4.87. The zero-order valence-electron chi connectivity index (χ0n) is 11.8. The van der Waals surface area contributed by atoms with Crippen LogP contribution in [0.2, 0.25) is 5.02 Å². The fraction of sp³-hybridized carbons (Fsp3) is 0.214. The van der Waals surface area contributed by atoms with Crippen molar-refractivity contribution < 1.29 is 13.2 Å². The molecule has 2 N–H and O–H groups in total. The monoisotopic (exact) mass is 358 g/mol. The summed E-state index contributed by atoms with van der Waals surface area (Å²) >= 11 is 7.03. The molecule has 1 heterocycles. The van der Waals surface area contributed by atoms with E-state index in [9.17, 15) is 13.2 Å². The standard InChI is InChI=1S/C14H15ClN2O3S2/c1-2-8-22(19,20)17-12-6-7-21-13(12)14(18)16-11-5-3-4-10(15)9-11/h3-7,9,17H,2,8H2,1H3,(H,16,18). The van der Waals surface area contributed by atoms with Gasteiger partial charge in [-0.3, -0.25) is 9.52 Å². The zero-order valence-corrected chi connectivity index (χ0v) is 14.2. The number of hydrogen-bond acceptors (Lipinski definition) is 4. The molecular formula is C14H15ClN2O3S2. The van der Waals surface area contributed by atoms with Gasteiger partial charge in [0.05, 0.1) is 11.4 Å². The first-order valence-electron chi connectivity index (χ1n) is 6.56. The number of rotatable bonds is 6. The van der Waals surface area contributed by atoms with Crippen molar-refractivity contribution in [1.82, 2.24) is 0 Å². The lowest BCUT2D eigenvalue weighted by Gasteiger charge is -2.09. The Morgan fingerprint density at radius 2 is 2.09 bits per heavy atom. The quantitative estimate of drug-likeness (QED) is 0.824. The van der Waals surface area contributed by atoms with Crippen LogP contribution in [-0.4, -0.2) is 20.1 Å². The number of benzene rings is 1. The second-order valence-corrected chi connectivity index (χ2v) is 7.74. The number of carbonyl (C=O) groups excluding carboxylic acids is 1. The van der Waals surface area contributed by atoms with Gasteiger partial charge in [0.2, 0.25) is 10.0 Å². The van der Waals surface area contributed by atoms with E-state index in [1.807, 2.05) is 0 Å². The largest absolute Gasteiger partial charge is 0.321 e. The first kappa shape index (κ1) is 16.8. The topological polar surface area (TPSA) is 75.3 Å². The predicted molar refractivity (Wildman–Crippen MR) is 91.4 cm³/mol. The highest BCUT2D eigenvalue weighted by molar-refractivity contribution is 7.92. The molecule has 0 saturated carbocycles. The number of sulfonamides is 1. The molecule has 1 aromatic carbocycles. The first-order chi connectivity index (χ1) is 10.4. The fourth-order valence-corrected chi connectivity index (χ4v) is 3.95. The molecule has 8 heteroatoms. The van der Waals surface area contributed by atoms with Gasteiger partial charge in [-0.05, 0) is 36.1 Å². The van der Waals surface area contributed by atoms with E-state index in [4.69, 9.17) is 11.6 Å². The van der Waals surface area contributed by atoms with Crippen LogP contribution in [0.15, 0.2) is 35.7 Å². The number of carbonyl (C=O) groups is 1. The molecule has 2 rings (SSSR count). The van der Waals surface area contributed by atoms with E-state index in [0.29, 0.717) is 22.0 Å². The molecule has 0 bridgehead atoms. The van der Waals surface area contributed by atoms with Crippen molar-refractivity contribution in [3.8, 4) is 0 Å². The lowest BCUT2D eigenvalue weighted by molar-refractivity contribution is 0.103. The van der Waals surface area contributed by atoms with Crippen molar-refractivity contribution in [1.29, 1.82) is 0 Å². The van der Waals surface area contributed by atoms with Crippen LogP contribution in [0.25, 0.3) is 0 Å². The summed E-state index contributed by atoms with van der Waals surface area (Å²) in [4.78, 5) is 12.6. The van der Waals surface area contributed by atoms with Gasteiger partial charge in [0.1, 0.15) is 4.88 Å². The first-order valence-corrected chi connectivity index (χ1v) is 9.47. The summed E-state index contributed by atoms with van der Waals surface area (Å²) in [6.45, 7) is 1.78. The highest BCUT2D eigenvalue weighted by Gasteiger charge is 2.18. The number of nitrogens with one attached hydrogen (secondary N) is 2. The van der Waals surface area contributed by atoms with E-state index in [1.165, 1.54) is 11.3 Å². The Labute approximate surface area is 138 Å². The molecule has 5 nitrogen and oxygen atoms in total. The fourth-order valence-electron chi connectivity index (χ4n) is 1.81. The Kier molecular flexibility index (Phi) is 5.44. The van der Waals surface area contributed by atoms with E-state index >= 15 is 0 Å². The van der Waals surface area contributed by atoms with Crippen molar-refractivity contribution in [2.75, 3.05) is 15.8 Å². The molecule has 0 unspecified atom stereocenters. The third kappa shape index (κ3) is 4.46. The minimum absolute atomic E-state index is 0.0121. The molecule has 0 aliphatic heterocycles. The number of anilines is 2. The number of thiophene rings is 1.